The normalized spacial score (nSPS) is 10.5. The molecule has 1 aromatic carbocycles. The van der Waals surface area contributed by atoms with Gasteiger partial charge in [-0.1, -0.05) is 12.1 Å². The summed E-state index contributed by atoms with van der Waals surface area (Å²) in [5.41, 5.74) is 7.15. The van der Waals surface area contributed by atoms with E-state index >= 15 is 0 Å². The van der Waals surface area contributed by atoms with E-state index in [0.29, 0.717) is 22.7 Å². The summed E-state index contributed by atoms with van der Waals surface area (Å²) in [6, 6.07) is 9.54. The van der Waals surface area contributed by atoms with Gasteiger partial charge in [-0.2, -0.15) is 10.4 Å². The minimum absolute atomic E-state index is 0.276. The molecule has 0 radical (unpaired) electrons. The molecular weight excluding hydrogens is 245 g/mol. The molecule has 2 aromatic heterocycles. The molecule has 3 aromatic rings. The maximum absolute atomic E-state index is 13.3. The van der Waals surface area contributed by atoms with Gasteiger partial charge in [0.15, 0.2) is 5.65 Å². The fourth-order valence-electron chi connectivity index (χ4n) is 1.88. The molecule has 6 heteroatoms. The first-order chi connectivity index (χ1) is 9.19. The van der Waals surface area contributed by atoms with Crippen molar-refractivity contribution in [2.24, 2.45) is 0 Å². The van der Waals surface area contributed by atoms with E-state index in [2.05, 4.69) is 10.1 Å². The van der Waals surface area contributed by atoms with E-state index in [0.717, 1.165) is 0 Å². The zero-order valence-corrected chi connectivity index (χ0v) is 9.71. The zero-order chi connectivity index (χ0) is 13.4. The Bertz CT molecular complexity index is 816. The lowest BCUT2D eigenvalue weighted by molar-refractivity contribution is 0.628. The van der Waals surface area contributed by atoms with Crippen LogP contribution in [0.2, 0.25) is 0 Å². The highest BCUT2D eigenvalue weighted by Crippen LogP contribution is 2.25. The number of nitrogens with two attached hydrogens (primary N) is 1. The van der Waals surface area contributed by atoms with Gasteiger partial charge in [0.25, 0.3) is 0 Å². The van der Waals surface area contributed by atoms with Crippen LogP contribution in [0, 0.1) is 17.1 Å². The van der Waals surface area contributed by atoms with E-state index in [-0.39, 0.29) is 11.4 Å². The summed E-state index contributed by atoms with van der Waals surface area (Å²) in [7, 11) is 0. The van der Waals surface area contributed by atoms with Crippen LogP contribution in [0.3, 0.4) is 0 Å². The van der Waals surface area contributed by atoms with Crippen LogP contribution < -0.4 is 5.73 Å². The van der Waals surface area contributed by atoms with E-state index in [1.165, 1.54) is 16.6 Å². The highest BCUT2D eigenvalue weighted by molar-refractivity contribution is 5.75. The fourth-order valence-corrected chi connectivity index (χ4v) is 1.88. The number of fused-ring (bicyclic) bond motifs is 1. The van der Waals surface area contributed by atoms with E-state index in [1.807, 2.05) is 6.07 Å². The maximum Gasteiger partial charge on any atom is 0.175 e. The Kier molecular flexibility index (Phi) is 2.39. The Labute approximate surface area is 107 Å². The average molecular weight is 253 g/mol. The first kappa shape index (κ1) is 11.2. The van der Waals surface area contributed by atoms with Gasteiger partial charge < -0.3 is 5.73 Å². The lowest BCUT2D eigenvalue weighted by Crippen LogP contribution is -1.95. The third-order valence-corrected chi connectivity index (χ3v) is 2.72. The number of rotatable bonds is 1. The van der Waals surface area contributed by atoms with E-state index in [9.17, 15) is 9.65 Å². The molecule has 0 atom stereocenters. The van der Waals surface area contributed by atoms with Gasteiger partial charge in [-0.15, -0.1) is 0 Å². The minimum Gasteiger partial charge on any atom is -0.384 e. The third-order valence-electron chi connectivity index (χ3n) is 2.72. The number of benzene rings is 1. The largest absolute Gasteiger partial charge is 0.384 e. The van der Waals surface area contributed by atoms with Crippen molar-refractivity contribution in [3.05, 3.63) is 47.9 Å². The Morgan fingerprint density at radius 3 is 2.89 bits per heavy atom. The summed E-state index contributed by atoms with van der Waals surface area (Å²) in [6.07, 6.45) is 1.61. The van der Waals surface area contributed by atoms with Crippen LogP contribution >= 0.6 is 0 Å². The van der Waals surface area contributed by atoms with Crippen LogP contribution in [0.15, 0.2) is 36.5 Å². The molecule has 0 fully saturated rings. The van der Waals surface area contributed by atoms with Crippen LogP contribution in [0.4, 0.5) is 10.2 Å². The summed E-state index contributed by atoms with van der Waals surface area (Å²) in [6.45, 7) is 0. The predicted molar refractivity (Wildman–Crippen MR) is 67.5 cm³/mol. The van der Waals surface area contributed by atoms with Crippen molar-refractivity contribution < 1.29 is 4.39 Å². The molecule has 0 aliphatic carbocycles. The molecule has 0 aliphatic rings. The number of hydrogen-bond donors (Lipinski definition) is 1. The molecule has 0 saturated carbocycles. The average Bonchev–Trinajstić information content (AvgIpc) is 2.76. The molecule has 92 valence electrons. The molecule has 0 bridgehead atoms. The van der Waals surface area contributed by atoms with Crippen LogP contribution in [0.25, 0.3) is 16.9 Å². The second-order valence-corrected chi connectivity index (χ2v) is 3.97. The van der Waals surface area contributed by atoms with Crippen molar-refractivity contribution in [1.29, 1.82) is 5.26 Å². The Morgan fingerprint density at radius 1 is 1.32 bits per heavy atom. The monoisotopic (exact) mass is 253 g/mol. The Morgan fingerprint density at radius 2 is 2.16 bits per heavy atom. The maximum atomic E-state index is 13.3. The molecule has 19 heavy (non-hydrogen) atoms. The topological polar surface area (TPSA) is 80.0 Å². The van der Waals surface area contributed by atoms with Gasteiger partial charge in [-0.05, 0) is 18.2 Å². The van der Waals surface area contributed by atoms with Gasteiger partial charge in [0, 0.05) is 11.8 Å². The van der Waals surface area contributed by atoms with Gasteiger partial charge in [0.05, 0.1) is 0 Å². The number of halogens is 1. The molecule has 5 nitrogen and oxygen atoms in total. The first-order valence-corrected chi connectivity index (χ1v) is 5.50. The number of anilines is 1. The molecule has 0 aliphatic heterocycles. The van der Waals surface area contributed by atoms with Crippen molar-refractivity contribution in [2.75, 3.05) is 5.73 Å². The van der Waals surface area contributed by atoms with Crippen LogP contribution in [0.5, 0.6) is 0 Å². The minimum atomic E-state index is -0.383. The van der Waals surface area contributed by atoms with Crippen molar-refractivity contribution >= 4 is 11.5 Å². The molecule has 2 N–H and O–H groups in total. The number of aromatic nitrogens is 3. The Hall–Kier alpha value is -2.94. The highest BCUT2D eigenvalue weighted by Gasteiger charge is 2.15. The zero-order valence-electron chi connectivity index (χ0n) is 9.71. The summed E-state index contributed by atoms with van der Waals surface area (Å²) in [4.78, 5) is 4.08. The summed E-state index contributed by atoms with van der Waals surface area (Å²) >= 11 is 0. The number of nitriles is 1. The van der Waals surface area contributed by atoms with Gasteiger partial charge in [-0.25, -0.2) is 13.9 Å². The molecule has 3 rings (SSSR count). The standard InChI is InChI=1S/C13H8FN5/c14-9-3-1-2-8(6-9)12-10(7-15)13-17-11(16)4-5-19(13)18-12/h1-6H,(H2,16,17). The highest BCUT2D eigenvalue weighted by atomic mass is 19.1. The van der Waals surface area contributed by atoms with Crippen LogP contribution in [0.1, 0.15) is 5.56 Å². The van der Waals surface area contributed by atoms with Crippen molar-refractivity contribution in [2.45, 2.75) is 0 Å². The summed E-state index contributed by atoms with van der Waals surface area (Å²) in [5, 5.41) is 13.5. The van der Waals surface area contributed by atoms with Gasteiger partial charge >= 0.3 is 0 Å². The lowest BCUT2D eigenvalue weighted by Gasteiger charge is -1.96. The molecule has 0 unspecified atom stereocenters. The van der Waals surface area contributed by atoms with E-state index in [1.54, 1.807) is 24.4 Å². The number of nitrogen functional groups attached to an aromatic ring is 1. The van der Waals surface area contributed by atoms with Crippen LogP contribution in [-0.2, 0) is 0 Å². The second kappa shape index (κ2) is 4.07. The van der Waals surface area contributed by atoms with Crippen molar-refractivity contribution in [3.63, 3.8) is 0 Å². The fraction of sp³-hybridized carbons (Fsp3) is 0. The number of hydrogen-bond acceptors (Lipinski definition) is 4. The van der Waals surface area contributed by atoms with Gasteiger partial charge in [0.1, 0.15) is 29.0 Å². The lowest BCUT2D eigenvalue weighted by atomic mass is 10.1. The Balaban J connectivity index is 2.33. The van der Waals surface area contributed by atoms with E-state index in [4.69, 9.17) is 5.73 Å². The molecular formula is C13H8FN5. The van der Waals surface area contributed by atoms with Gasteiger partial charge in [-0.3, -0.25) is 0 Å². The SMILES string of the molecule is N#Cc1c(-c2cccc(F)c2)nn2ccc(N)nc12. The molecule has 2 heterocycles. The quantitative estimate of drug-likeness (QED) is 0.719. The molecule has 0 amide bonds. The van der Waals surface area contributed by atoms with Crippen LogP contribution in [-0.4, -0.2) is 14.6 Å². The first-order valence-electron chi connectivity index (χ1n) is 5.50. The van der Waals surface area contributed by atoms with Crippen molar-refractivity contribution in [3.8, 4) is 17.3 Å². The van der Waals surface area contributed by atoms with Gasteiger partial charge in [0.2, 0.25) is 0 Å². The second-order valence-electron chi connectivity index (χ2n) is 3.97. The summed E-state index contributed by atoms with van der Waals surface area (Å²) in [5.74, 6) is -0.0828. The molecule has 0 saturated heterocycles. The summed E-state index contributed by atoms with van der Waals surface area (Å²) < 4.78 is 14.7. The third kappa shape index (κ3) is 1.77. The molecule has 0 spiro atoms. The number of nitrogens with zero attached hydrogens (tertiary/aromatic N) is 4. The predicted octanol–water partition coefficient (Wildman–Crippen LogP) is 1.99. The van der Waals surface area contributed by atoms with E-state index < -0.39 is 0 Å². The smallest absolute Gasteiger partial charge is 0.175 e. The van der Waals surface area contributed by atoms with Crippen molar-refractivity contribution in [1.82, 2.24) is 14.6 Å².